The normalized spacial score (nSPS) is 11.4. The van der Waals surface area contributed by atoms with Gasteiger partial charge in [0.1, 0.15) is 5.69 Å². The highest BCUT2D eigenvalue weighted by molar-refractivity contribution is 7.08. The van der Waals surface area contributed by atoms with Gasteiger partial charge in [-0.1, -0.05) is 12.1 Å². The zero-order valence-corrected chi connectivity index (χ0v) is 18.4. The number of aromatic nitrogens is 5. The van der Waals surface area contributed by atoms with Crippen molar-refractivity contribution in [2.45, 2.75) is 0 Å². The van der Waals surface area contributed by atoms with Crippen LogP contribution < -0.4 is 4.90 Å². The standard InChI is InChI=1S/C25H20N6S/c1-31(2)17-8-16(11-26-12-17)22-10-20-24(13-27-22)29-30-25(20)23-9-19-18(15-6-7-32-14-15)4-3-5-21(19)28-23/h3-14,28H,1-2H3,(H,29,30). The molecule has 0 atom stereocenters. The van der Waals surface area contributed by atoms with Crippen LogP contribution in [0.4, 0.5) is 5.69 Å². The third-order valence-electron chi connectivity index (χ3n) is 5.73. The Labute approximate surface area is 188 Å². The molecule has 2 N–H and O–H groups in total. The Morgan fingerprint density at radius 1 is 0.906 bits per heavy atom. The summed E-state index contributed by atoms with van der Waals surface area (Å²) in [5.74, 6) is 0. The second kappa shape index (κ2) is 7.32. The van der Waals surface area contributed by atoms with Crippen LogP contribution in [0, 0.1) is 0 Å². The van der Waals surface area contributed by atoms with Gasteiger partial charge in [-0.05, 0) is 52.2 Å². The molecule has 6 rings (SSSR count). The molecule has 0 aliphatic rings. The van der Waals surface area contributed by atoms with Crippen LogP contribution in [-0.4, -0.2) is 39.2 Å². The van der Waals surface area contributed by atoms with Crippen molar-refractivity contribution in [1.29, 1.82) is 0 Å². The minimum absolute atomic E-state index is 0.867. The first-order chi connectivity index (χ1) is 15.7. The molecule has 6 aromatic rings. The number of fused-ring (bicyclic) bond motifs is 2. The number of nitrogens with one attached hydrogen (secondary N) is 2. The molecule has 0 bridgehead atoms. The summed E-state index contributed by atoms with van der Waals surface area (Å²) in [6.07, 6.45) is 5.53. The predicted molar refractivity (Wildman–Crippen MR) is 132 cm³/mol. The molecule has 6 nitrogen and oxygen atoms in total. The largest absolute Gasteiger partial charge is 0.376 e. The first kappa shape index (κ1) is 18.8. The van der Waals surface area contributed by atoms with E-state index in [2.05, 4.69) is 78.4 Å². The molecule has 0 saturated carbocycles. The van der Waals surface area contributed by atoms with Crippen LogP contribution in [0.1, 0.15) is 0 Å². The van der Waals surface area contributed by atoms with E-state index in [1.807, 2.05) is 37.6 Å². The maximum absolute atomic E-state index is 4.64. The summed E-state index contributed by atoms with van der Waals surface area (Å²) >= 11 is 1.71. The summed E-state index contributed by atoms with van der Waals surface area (Å²) in [7, 11) is 4.01. The molecule has 7 heteroatoms. The third-order valence-corrected chi connectivity index (χ3v) is 6.42. The Hall–Kier alpha value is -3.97. The Balaban J connectivity index is 1.49. The minimum atomic E-state index is 0.867. The van der Waals surface area contributed by atoms with Crippen molar-refractivity contribution >= 4 is 38.8 Å². The van der Waals surface area contributed by atoms with Crippen LogP contribution >= 0.6 is 11.3 Å². The molecular formula is C25H20N6S. The molecule has 5 heterocycles. The molecule has 32 heavy (non-hydrogen) atoms. The van der Waals surface area contributed by atoms with Gasteiger partial charge in [0.2, 0.25) is 0 Å². The zero-order valence-electron chi connectivity index (χ0n) is 17.6. The fourth-order valence-electron chi connectivity index (χ4n) is 4.04. The Morgan fingerprint density at radius 2 is 1.84 bits per heavy atom. The molecule has 156 valence electrons. The summed E-state index contributed by atoms with van der Waals surface area (Å²) in [5.41, 5.74) is 9.19. The summed E-state index contributed by atoms with van der Waals surface area (Å²) in [5, 5.41) is 14.2. The lowest BCUT2D eigenvalue weighted by Gasteiger charge is -2.12. The number of rotatable bonds is 4. The first-order valence-corrected chi connectivity index (χ1v) is 11.2. The van der Waals surface area contributed by atoms with Gasteiger partial charge >= 0.3 is 0 Å². The van der Waals surface area contributed by atoms with Crippen molar-refractivity contribution in [3.8, 4) is 33.8 Å². The van der Waals surface area contributed by atoms with Gasteiger partial charge in [0.05, 0.1) is 35.0 Å². The van der Waals surface area contributed by atoms with Gasteiger partial charge in [0.25, 0.3) is 0 Å². The van der Waals surface area contributed by atoms with Crippen LogP contribution in [-0.2, 0) is 0 Å². The average Bonchev–Trinajstić information content (AvgIpc) is 3.57. The maximum Gasteiger partial charge on any atom is 0.116 e. The smallest absolute Gasteiger partial charge is 0.116 e. The highest BCUT2D eigenvalue weighted by Gasteiger charge is 2.15. The van der Waals surface area contributed by atoms with E-state index in [4.69, 9.17) is 0 Å². The number of nitrogens with zero attached hydrogens (tertiary/aromatic N) is 4. The summed E-state index contributed by atoms with van der Waals surface area (Å²) < 4.78 is 0. The summed E-state index contributed by atoms with van der Waals surface area (Å²) in [6, 6.07) is 14.9. The van der Waals surface area contributed by atoms with Crippen molar-refractivity contribution in [3.05, 3.63) is 71.8 Å². The van der Waals surface area contributed by atoms with Crippen LogP contribution in [0.5, 0.6) is 0 Å². The third kappa shape index (κ3) is 3.06. The summed E-state index contributed by atoms with van der Waals surface area (Å²) in [6.45, 7) is 0. The van der Waals surface area contributed by atoms with E-state index in [1.165, 1.54) is 16.5 Å². The van der Waals surface area contributed by atoms with Gasteiger partial charge in [-0.2, -0.15) is 16.4 Å². The van der Waals surface area contributed by atoms with Gasteiger partial charge in [0.15, 0.2) is 0 Å². The zero-order chi connectivity index (χ0) is 21.7. The average molecular weight is 437 g/mol. The predicted octanol–water partition coefficient (Wildman–Crippen LogP) is 5.96. The van der Waals surface area contributed by atoms with Crippen molar-refractivity contribution in [2.75, 3.05) is 19.0 Å². The summed E-state index contributed by atoms with van der Waals surface area (Å²) in [4.78, 5) is 14.6. The first-order valence-electron chi connectivity index (χ1n) is 10.3. The number of anilines is 1. The van der Waals surface area contributed by atoms with E-state index in [1.54, 1.807) is 11.3 Å². The number of pyridine rings is 2. The lowest BCUT2D eigenvalue weighted by Crippen LogP contribution is -2.08. The molecule has 0 saturated heterocycles. The van der Waals surface area contributed by atoms with Crippen LogP contribution in [0.2, 0.25) is 0 Å². The molecule has 0 spiro atoms. The Bertz CT molecular complexity index is 1560. The second-order valence-corrected chi connectivity index (χ2v) is 8.76. The molecule has 0 amide bonds. The minimum Gasteiger partial charge on any atom is -0.376 e. The number of thiophene rings is 1. The number of hydrogen-bond donors (Lipinski definition) is 2. The van der Waals surface area contributed by atoms with Gasteiger partial charge in [-0.3, -0.25) is 15.1 Å². The van der Waals surface area contributed by atoms with E-state index < -0.39 is 0 Å². The van der Waals surface area contributed by atoms with Crippen molar-refractivity contribution in [3.63, 3.8) is 0 Å². The van der Waals surface area contributed by atoms with Crippen molar-refractivity contribution < 1.29 is 0 Å². The molecule has 0 aliphatic heterocycles. The van der Waals surface area contributed by atoms with Crippen LogP contribution in [0.15, 0.2) is 71.8 Å². The van der Waals surface area contributed by atoms with Gasteiger partial charge in [-0.25, -0.2) is 0 Å². The lowest BCUT2D eigenvalue weighted by molar-refractivity contribution is 1.11. The quantitative estimate of drug-likeness (QED) is 0.357. The Kier molecular flexibility index (Phi) is 4.29. The van der Waals surface area contributed by atoms with Gasteiger partial charge in [-0.15, -0.1) is 0 Å². The SMILES string of the molecule is CN(C)c1cncc(-c2cc3c(-c4cc5c(-c6ccsc6)cccc5[nH]4)n[nH]c3cn2)c1. The van der Waals surface area contributed by atoms with E-state index in [-0.39, 0.29) is 0 Å². The van der Waals surface area contributed by atoms with Crippen molar-refractivity contribution in [1.82, 2.24) is 25.1 Å². The van der Waals surface area contributed by atoms with E-state index in [0.717, 1.165) is 44.8 Å². The fraction of sp³-hybridized carbons (Fsp3) is 0.0800. The number of H-pyrrole nitrogens is 2. The molecule has 5 aromatic heterocycles. The van der Waals surface area contributed by atoms with E-state index in [9.17, 15) is 0 Å². The monoisotopic (exact) mass is 436 g/mol. The molecule has 0 aliphatic carbocycles. The number of benzene rings is 1. The van der Waals surface area contributed by atoms with E-state index in [0.29, 0.717) is 0 Å². The lowest BCUT2D eigenvalue weighted by atomic mass is 10.0. The van der Waals surface area contributed by atoms with Crippen LogP contribution in [0.25, 0.3) is 55.6 Å². The molecule has 0 unspecified atom stereocenters. The highest BCUT2D eigenvalue weighted by atomic mass is 32.1. The van der Waals surface area contributed by atoms with Gasteiger partial charge in [0, 0.05) is 42.1 Å². The fourth-order valence-corrected chi connectivity index (χ4v) is 4.70. The number of aromatic amines is 2. The topological polar surface area (TPSA) is 73.5 Å². The molecular weight excluding hydrogens is 416 g/mol. The highest BCUT2D eigenvalue weighted by Crippen LogP contribution is 2.35. The van der Waals surface area contributed by atoms with E-state index >= 15 is 0 Å². The molecule has 0 fully saturated rings. The Morgan fingerprint density at radius 3 is 2.69 bits per heavy atom. The van der Waals surface area contributed by atoms with Gasteiger partial charge < -0.3 is 9.88 Å². The maximum atomic E-state index is 4.64. The number of hydrogen-bond acceptors (Lipinski definition) is 5. The van der Waals surface area contributed by atoms with Crippen molar-refractivity contribution in [2.24, 2.45) is 0 Å². The molecule has 1 aromatic carbocycles. The van der Waals surface area contributed by atoms with Crippen LogP contribution in [0.3, 0.4) is 0 Å². The second-order valence-electron chi connectivity index (χ2n) is 7.98. The molecule has 0 radical (unpaired) electrons.